The Kier molecular flexibility index (Phi) is 3.34. The first kappa shape index (κ1) is 12.0. The van der Waals surface area contributed by atoms with E-state index in [1.54, 1.807) is 0 Å². The van der Waals surface area contributed by atoms with Gasteiger partial charge in [-0.15, -0.1) is 11.6 Å². The van der Waals surface area contributed by atoms with Gasteiger partial charge in [-0.05, 0) is 16.7 Å². The quantitative estimate of drug-likeness (QED) is 0.697. The Morgan fingerprint density at radius 1 is 0.842 bits per heavy atom. The standard InChI is InChI=1S/C16H13ClN2/c17-10-16-18-11-15(19-16)14-8-6-13(7-9-14)12-4-2-1-3-5-12/h1-9,11H,10H2,(H,18,19). The summed E-state index contributed by atoms with van der Waals surface area (Å²) in [5, 5.41) is 0. The Morgan fingerprint density at radius 2 is 1.47 bits per heavy atom. The van der Waals surface area contributed by atoms with E-state index in [0.29, 0.717) is 5.88 Å². The highest BCUT2D eigenvalue weighted by Gasteiger charge is 2.03. The Balaban J connectivity index is 1.90. The molecule has 19 heavy (non-hydrogen) atoms. The van der Waals surface area contributed by atoms with Crippen LogP contribution >= 0.6 is 11.6 Å². The van der Waals surface area contributed by atoms with E-state index in [9.17, 15) is 0 Å². The van der Waals surface area contributed by atoms with Gasteiger partial charge >= 0.3 is 0 Å². The van der Waals surface area contributed by atoms with Crippen molar-refractivity contribution in [2.45, 2.75) is 5.88 Å². The van der Waals surface area contributed by atoms with Crippen molar-refractivity contribution in [3.63, 3.8) is 0 Å². The maximum atomic E-state index is 5.74. The lowest BCUT2D eigenvalue weighted by molar-refractivity contribution is 1.12. The molecule has 0 bridgehead atoms. The van der Waals surface area contributed by atoms with E-state index in [1.807, 2.05) is 24.4 Å². The Hall–Kier alpha value is -2.06. The Bertz CT molecular complexity index is 657. The van der Waals surface area contributed by atoms with Gasteiger partial charge in [0.15, 0.2) is 0 Å². The summed E-state index contributed by atoms with van der Waals surface area (Å²) in [6.07, 6.45) is 1.81. The van der Waals surface area contributed by atoms with Gasteiger partial charge in [-0.2, -0.15) is 0 Å². The van der Waals surface area contributed by atoms with Crippen LogP contribution in [0.25, 0.3) is 22.4 Å². The number of imidazole rings is 1. The predicted molar refractivity (Wildman–Crippen MR) is 79.0 cm³/mol. The lowest BCUT2D eigenvalue weighted by Gasteiger charge is -2.03. The number of hydrogen-bond donors (Lipinski definition) is 1. The van der Waals surface area contributed by atoms with Crippen LogP contribution in [0.3, 0.4) is 0 Å². The van der Waals surface area contributed by atoms with E-state index in [2.05, 4.69) is 46.4 Å². The molecule has 1 heterocycles. The number of aromatic amines is 1. The molecule has 0 spiro atoms. The molecule has 0 saturated heterocycles. The minimum Gasteiger partial charge on any atom is -0.341 e. The molecule has 0 aliphatic carbocycles. The predicted octanol–water partition coefficient (Wildman–Crippen LogP) is 4.48. The number of H-pyrrole nitrogens is 1. The number of rotatable bonds is 3. The van der Waals surface area contributed by atoms with Gasteiger partial charge in [0, 0.05) is 0 Å². The molecule has 0 fully saturated rings. The van der Waals surface area contributed by atoms with Crippen molar-refractivity contribution >= 4 is 11.6 Å². The zero-order chi connectivity index (χ0) is 13.1. The number of halogens is 1. The molecule has 0 radical (unpaired) electrons. The van der Waals surface area contributed by atoms with E-state index in [1.165, 1.54) is 11.1 Å². The van der Waals surface area contributed by atoms with Crippen LogP contribution < -0.4 is 0 Å². The average molecular weight is 269 g/mol. The number of nitrogens with one attached hydrogen (secondary N) is 1. The third kappa shape index (κ3) is 2.54. The van der Waals surface area contributed by atoms with E-state index in [0.717, 1.165) is 17.1 Å². The normalized spacial score (nSPS) is 10.6. The second-order valence-electron chi connectivity index (χ2n) is 4.32. The molecule has 3 aromatic rings. The second-order valence-corrected chi connectivity index (χ2v) is 4.59. The molecule has 0 amide bonds. The molecule has 3 rings (SSSR count). The minimum absolute atomic E-state index is 0.405. The fourth-order valence-electron chi connectivity index (χ4n) is 2.05. The fourth-order valence-corrected chi connectivity index (χ4v) is 2.19. The van der Waals surface area contributed by atoms with Gasteiger partial charge in [-0.25, -0.2) is 4.98 Å². The molecule has 0 aliphatic rings. The zero-order valence-corrected chi connectivity index (χ0v) is 11.1. The monoisotopic (exact) mass is 268 g/mol. The Morgan fingerprint density at radius 3 is 2.11 bits per heavy atom. The van der Waals surface area contributed by atoms with Gasteiger partial charge < -0.3 is 4.98 Å². The minimum atomic E-state index is 0.405. The molecule has 3 heteroatoms. The van der Waals surface area contributed by atoms with Crippen LogP contribution in [0.1, 0.15) is 5.82 Å². The third-order valence-electron chi connectivity index (χ3n) is 3.06. The van der Waals surface area contributed by atoms with Gasteiger partial charge in [-0.1, -0.05) is 54.6 Å². The molecule has 2 aromatic carbocycles. The van der Waals surface area contributed by atoms with E-state index < -0.39 is 0 Å². The molecule has 0 atom stereocenters. The van der Waals surface area contributed by atoms with Gasteiger partial charge in [0.2, 0.25) is 0 Å². The van der Waals surface area contributed by atoms with Crippen molar-refractivity contribution in [2.24, 2.45) is 0 Å². The lowest BCUT2D eigenvalue weighted by Crippen LogP contribution is -1.82. The largest absolute Gasteiger partial charge is 0.341 e. The average Bonchev–Trinajstić information content (AvgIpc) is 2.97. The molecule has 1 N–H and O–H groups in total. The van der Waals surface area contributed by atoms with E-state index in [-0.39, 0.29) is 0 Å². The van der Waals surface area contributed by atoms with Crippen LogP contribution in [0.5, 0.6) is 0 Å². The first-order valence-electron chi connectivity index (χ1n) is 6.12. The zero-order valence-electron chi connectivity index (χ0n) is 10.3. The molecule has 0 aliphatic heterocycles. The number of benzene rings is 2. The summed E-state index contributed by atoms with van der Waals surface area (Å²) in [5.74, 6) is 1.20. The smallest absolute Gasteiger partial charge is 0.121 e. The molecular formula is C16H13ClN2. The first-order chi connectivity index (χ1) is 9.36. The van der Waals surface area contributed by atoms with Crippen molar-refractivity contribution in [3.05, 3.63) is 66.6 Å². The van der Waals surface area contributed by atoms with Crippen LogP contribution in [-0.2, 0) is 5.88 Å². The van der Waals surface area contributed by atoms with Gasteiger partial charge in [-0.3, -0.25) is 0 Å². The summed E-state index contributed by atoms with van der Waals surface area (Å²) >= 11 is 5.74. The summed E-state index contributed by atoms with van der Waals surface area (Å²) < 4.78 is 0. The number of alkyl halides is 1. The summed E-state index contributed by atoms with van der Waals surface area (Å²) in [4.78, 5) is 7.40. The summed E-state index contributed by atoms with van der Waals surface area (Å²) in [5.41, 5.74) is 4.54. The number of aromatic nitrogens is 2. The van der Waals surface area contributed by atoms with E-state index >= 15 is 0 Å². The highest BCUT2D eigenvalue weighted by atomic mass is 35.5. The number of nitrogens with zero attached hydrogens (tertiary/aromatic N) is 1. The highest BCUT2D eigenvalue weighted by Crippen LogP contribution is 2.23. The molecule has 94 valence electrons. The Labute approximate surface area is 117 Å². The fraction of sp³-hybridized carbons (Fsp3) is 0.0625. The molecular weight excluding hydrogens is 256 g/mol. The summed E-state index contributed by atoms with van der Waals surface area (Å²) in [7, 11) is 0. The molecule has 0 unspecified atom stereocenters. The van der Waals surface area contributed by atoms with Crippen molar-refractivity contribution in [1.82, 2.24) is 9.97 Å². The van der Waals surface area contributed by atoms with Crippen LogP contribution in [0.15, 0.2) is 60.8 Å². The first-order valence-corrected chi connectivity index (χ1v) is 6.66. The molecule has 1 aromatic heterocycles. The second kappa shape index (κ2) is 5.29. The summed E-state index contributed by atoms with van der Waals surface area (Å²) in [6, 6.07) is 18.7. The SMILES string of the molecule is ClCc1ncc(-c2ccc(-c3ccccc3)cc2)[nH]1. The molecule has 2 nitrogen and oxygen atoms in total. The topological polar surface area (TPSA) is 28.7 Å². The maximum absolute atomic E-state index is 5.74. The van der Waals surface area contributed by atoms with Crippen molar-refractivity contribution in [1.29, 1.82) is 0 Å². The third-order valence-corrected chi connectivity index (χ3v) is 3.31. The summed E-state index contributed by atoms with van der Waals surface area (Å²) in [6.45, 7) is 0. The van der Waals surface area contributed by atoms with Crippen LogP contribution in [0.4, 0.5) is 0 Å². The van der Waals surface area contributed by atoms with Crippen molar-refractivity contribution in [3.8, 4) is 22.4 Å². The van der Waals surface area contributed by atoms with Crippen LogP contribution in [0, 0.1) is 0 Å². The number of hydrogen-bond acceptors (Lipinski definition) is 1. The van der Waals surface area contributed by atoms with Gasteiger partial charge in [0.1, 0.15) is 5.82 Å². The molecule has 0 saturated carbocycles. The van der Waals surface area contributed by atoms with E-state index in [4.69, 9.17) is 11.6 Å². The maximum Gasteiger partial charge on any atom is 0.121 e. The van der Waals surface area contributed by atoms with Crippen molar-refractivity contribution < 1.29 is 0 Å². The lowest BCUT2D eigenvalue weighted by atomic mass is 10.0. The van der Waals surface area contributed by atoms with Crippen LogP contribution in [0.2, 0.25) is 0 Å². The van der Waals surface area contributed by atoms with Gasteiger partial charge in [0.25, 0.3) is 0 Å². The van der Waals surface area contributed by atoms with Crippen molar-refractivity contribution in [2.75, 3.05) is 0 Å². The van der Waals surface area contributed by atoms with Crippen LogP contribution in [-0.4, -0.2) is 9.97 Å². The highest BCUT2D eigenvalue weighted by molar-refractivity contribution is 6.16. The van der Waals surface area contributed by atoms with Gasteiger partial charge in [0.05, 0.1) is 17.8 Å².